The van der Waals surface area contributed by atoms with Crippen LogP contribution in [0.1, 0.15) is 25.8 Å². The molecule has 25 heavy (non-hydrogen) atoms. The molecule has 138 valence electrons. The van der Waals surface area contributed by atoms with Crippen LogP contribution < -0.4 is 4.74 Å². The summed E-state index contributed by atoms with van der Waals surface area (Å²) in [5, 5.41) is 0. The molecule has 0 unspecified atom stereocenters. The van der Waals surface area contributed by atoms with Gasteiger partial charge in [-0.05, 0) is 17.7 Å². The van der Waals surface area contributed by atoms with Crippen molar-refractivity contribution in [3.8, 4) is 5.75 Å². The van der Waals surface area contributed by atoms with Gasteiger partial charge in [-0.1, -0.05) is 26.0 Å². The summed E-state index contributed by atoms with van der Waals surface area (Å²) >= 11 is 0. The maximum Gasteiger partial charge on any atom is 0.323 e. The standard InChI is InChI=1S/C19H27NO5/c1-18(2)12-24-19(25-13-18)9-16(17(21)23-4)20(11-19)10-14-5-7-15(22-3)8-6-14/h5-8,16H,9-13H2,1-4H3/t16-/m1/s1. The van der Waals surface area contributed by atoms with Gasteiger partial charge in [0.15, 0.2) is 5.79 Å². The Bertz CT molecular complexity index is 603. The molecular weight excluding hydrogens is 322 g/mol. The second-order valence-electron chi connectivity index (χ2n) is 7.65. The van der Waals surface area contributed by atoms with Crippen LogP contribution in [0.5, 0.6) is 5.75 Å². The van der Waals surface area contributed by atoms with E-state index in [1.807, 2.05) is 24.3 Å². The van der Waals surface area contributed by atoms with Gasteiger partial charge in [-0.2, -0.15) is 0 Å². The lowest BCUT2D eigenvalue weighted by Crippen LogP contribution is -2.49. The number of ether oxygens (including phenoxy) is 4. The molecule has 0 radical (unpaired) electrons. The minimum Gasteiger partial charge on any atom is -0.497 e. The van der Waals surface area contributed by atoms with Crippen LogP contribution in [0.2, 0.25) is 0 Å². The smallest absolute Gasteiger partial charge is 0.323 e. The van der Waals surface area contributed by atoms with Crippen molar-refractivity contribution in [2.45, 2.75) is 38.6 Å². The highest BCUT2D eigenvalue weighted by atomic mass is 16.7. The molecule has 1 spiro atoms. The van der Waals surface area contributed by atoms with Gasteiger partial charge in [-0.3, -0.25) is 9.69 Å². The molecule has 0 aromatic heterocycles. The van der Waals surface area contributed by atoms with Crippen molar-refractivity contribution in [1.29, 1.82) is 0 Å². The van der Waals surface area contributed by atoms with Crippen LogP contribution in [0.15, 0.2) is 24.3 Å². The van der Waals surface area contributed by atoms with Crippen molar-refractivity contribution < 1.29 is 23.7 Å². The molecule has 3 rings (SSSR count). The first-order valence-electron chi connectivity index (χ1n) is 8.59. The highest BCUT2D eigenvalue weighted by Gasteiger charge is 2.52. The fraction of sp³-hybridized carbons (Fsp3) is 0.632. The Labute approximate surface area is 149 Å². The third-order valence-electron chi connectivity index (χ3n) is 4.86. The molecule has 2 heterocycles. The molecule has 6 heteroatoms. The Kier molecular flexibility index (Phi) is 5.04. The van der Waals surface area contributed by atoms with E-state index in [9.17, 15) is 4.79 Å². The predicted octanol–water partition coefficient (Wildman–Crippen LogP) is 2.21. The van der Waals surface area contributed by atoms with E-state index in [4.69, 9.17) is 18.9 Å². The number of benzene rings is 1. The second kappa shape index (κ2) is 6.94. The minimum atomic E-state index is -0.721. The van der Waals surface area contributed by atoms with Crippen LogP contribution in [0.25, 0.3) is 0 Å². The molecule has 0 amide bonds. The van der Waals surface area contributed by atoms with Crippen LogP contribution in [0.4, 0.5) is 0 Å². The molecule has 1 atom stereocenters. The third kappa shape index (κ3) is 3.97. The van der Waals surface area contributed by atoms with E-state index >= 15 is 0 Å². The molecule has 0 N–H and O–H groups in total. The van der Waals surface area contributed by atoms with Crippen LogP contribution in [-0.2, 0) is 25.5 Å². The number of rotatable bonds is 4. The topological polar surface area (TPSA) is 57.2 Å². The van der Waals surface area contributed by atoms with Gasteiger partial charge in [-0.25, -0.2) is 0 Å². The average Bonchev–Trinajstić information content (AvgIpc) is 2.96. The maximum absolute atomic E-state index is 12.3. The molecule has 6 nitrogen and oxygen atoms in total. The first-order valence-corrected chi connectivity index (χ1v) is 8.59. The lowest BCUT2D eigenvalue weighted by Gasteiger charge is -2.41. The SMILES string of the molecule is COC(=O)[C@H]1CC2(CN1Cc1ccc(OC)cc1)OCC(C)(C)CO2. The Morgan fingerprint density at radius 1 is 1.20 bits per heavy atom. The zero-order chi connectivity index (χ0) is 18.1. The number of carbonyl (C=O) groups is 1. The highest BCUT2D eigenvalue weighted by molar-refractivity contribution is 5.76. The van der Waals surface area contributed by atoms with E-state index in [1.54, 1.807) is 7.11 Å². The van der Waals surface area contributed by atoms with Crippen LogP contribution >= 0.6 is 0 Å². The van der Waals surface area contributed by atoms with Crippen molar-refractivity contribution >= 4 is 5.97 Å². The number of esters is 1. The van der Waals surface area contributed by atoms with E-state index in [0.29, 0.717) is 32.7 Å². The summed E-state index contributed by atoms with van der Waals surface area (Å²) < 4.78 is 22.4. The molecular formula is C19H27NO5. The summed E-state index contributed by atoms with van der Waals surface area (Å²) in [6.07, 6.45) is 0.492. The molecule has 2 fully saturated rings. The molecule has 2 aliphatic heterocycles. The van der Waals surface area contributed by atoms with Crippen molar-refractivity contribution in [1.82, 2.24) is 4.90 Å². The van der Waals surface area contributed by atoms with Gasteiger partial charge in [0.25, 0.3) is 0 Å². The zero-order valence-electron chi connectivity index (χ0n) is 15.4. The molecule has 2 saturated heterocycles. The summed E-state index contributed by atoms with van der Waals surface area (Å²) in [5.41, 5.74) is 1.10. The summed E-state index contributed by atoms with van der Waals surface area (Å²) in [6, 6.07) is 7.48. The molecule has 1 aromatic carbocycles. The third-order valence-corrected chi connectivity index (χ3v) is 4.86. The van der Waals surface area contributed by atoms with Gasteiger partial charge in [0.05, 0.1) is 34.0 Å². The number of hydrogen-bond acceptors (Lipinski definition) is 6. The van der Waals surface area contributed by atoms with Gasteiger partial charge in [0, 0.05) is 18.4 Å². The quantitative estimate of drug-likeness (QED) is 0.777. The van der Waals surface area contributed by atoms with Crippen molar-refractivity contribution in [3.63, 3.8) is 0 Å². The average molecular weight is 349 g/mol. The van der Waals surface area contributed by atoms with Gasteiger partial charge in [0.1, 0.15) is 11.8 Å². The van der Waals surface area contributed by atoms with Crippen molar-refractivity contribution in [2.75, 3.05) is 34.0 Å². The highest BCUT2D eigenvalue weighted by Crippen LogP contribution is 2.39. The number of hydrogen-bond donors (Lipinski definition) is 0. The normalized spacial score (nSPS) is 25.0. The number of likely N-dealkylation sites (tertiary alicyclic amines) is 1. The summed E-state index contributed by atoms with van der Waals surface area (Å²) in [5.74, 6) is -0.157. The Morgan fingerprint density at radius 2 is 1.84 bits per heavy atom. The second-order valence-corrected chi connectivity index (χ2v) is 7.65. The van der Waals surface area contributed by atoms with E-state index in [2.05, 4.69) is 18.7 Å². The maximum atomic E-state index is 12.3. The molecule has 0 aliphatic carbocycles. The zero-order valence-corrected chi connectivity index (χ0v) is 15.4. The lowest BCUT2D eigenvalue weighted by molar-refractivity contribution is -0.291. The van der Waals surface area contributed by atoms with Gasteiger partial charge < -0.3 is 18.9 Å². The van der Waals surface area contributed by atoms with E-state index < -0.39 is 5.79 Å². The van der Waals surface area contributed by atoms with Crippen LogP contribution in [0.3, 0.4) is 0 Å². The largest absolute Gasteiger partial charge is 0.497 e. The summed E-state index contributed by atoms with van der Waals surface area (Å²) in [4.78, 5) is 14.3. The first kappa shape index (κ1) is 18.2. The number of methoxy groups -OCH3 is 2. The van der Waals surface area contributed by atoms with Gasteiger partial charge >= 0.3 is 5.97 Å². The van der Waals surface area contributed by atoms with E-state index in [0.717, 1.165) is 11.3 Å². The Balaban J connectivity index is 1.74. The molecule has 1 aromatic rings. The lowest BCUT2D eigenvalue weighted by atomic mass is 9.94. The molecule has 0 bridgehead atoms. The van der Waals surface area contributed by atoms with E-state index in [1.165, 1.54) is 7.11 Å². The van der Waals surface area contributed by atoms with Crippen molar-refractivity contribution in [3.05, 3.63) is 29.8 Å². The van der Waals surface area contributed by atoms with Crippen LogP contribution in [0, 0.1) is 5.41 Å². The molecule has 0 saturated carbocycles. The number of nitrogens with zero attached hydrogens (tertiary/aromatic N) is 1. The van der Waals surface area contributed by atoms with Crippen LogP contribution in [-0.4, -0.2) is 56.7 Å². The van der Waals surface area contributed by atoms with E-state index in [-0.39, 0.29) is 17.4 Å². The molecule has 2 aliphatic rings. The number of carbonyl (C=O) groups excluding carboxylic acids is 1. The van der Waals surface area contributed by atoms with Gasteiger partial charge in [-0.15, -0.1) is 0 Å². The Hall–Kier alpha value is -1.63. The summed E-state index contributed by atoms with van der Waals surface area (Å²) in [7, 11) is 3.07. The monoisotopic (exact) mass is 349 g/mol. The fourth-order valence-corrected chi connectivity index (χ4v) is 3.35. The van der Waals surface area contributed by atoms with Crippen molar-refractivity contribution in [2.24, 2.45) is 5.41 Å². The summed E-state index contributed by atoms with van der Waals surface area (Å²) in [6.45, 7) is 6.65. The first-order chi connectivity index (χ1) is 11.9. The van der Waals surface area contributed by atoms with Gasteiger partial charge in [0.2, 0.25) is 0 Å². The Morgan fingerprint density at radius 3 is 2.40 bits per heavy atom. The fourth-order valence-electron chi connectivity index (χ4n) is 3.35. The predicted molar refractivity (Wildman–Crippen MR) is 92.2 cm³/mol. The minimum absolute atomic E-state index is 0.00455.